The van der Waals surface area contributed by atoms with Crippen molar-refractivity contribution in [3.8, 4) is 22.4 Å². The highest BCUT2D eigenvalue weighted by atomic mass is 16.3. The minimum atomic E-state index is 0.618. The molecule has 0 aliphatic rings. The Balaban J connectivity index is 1.96. The number of benzene rings is 3. The van der Waals surface area contributed by atoms with Crippen LogP contribution in [0.15, 0.2) is 77.3 Å². The molecule has 5 aromatic rings. The SMILES string of the molecule is [C-]#[N+]c1ccc2oc3c(-c4cccc[n+]4C)c(C)cc(-c4ccc(C)cc4)c3c2c1. The summed E-state index contributed by atoms with van der Waals surface area (Å²) in [5.41, 5.74) is 9.13. The predicted molar refractivity (Wildman–Crippen MR) is 122 cm³/mol. The summed E-state index contributed by atoms with van der Waals surface area (Å²) in [4.78, 5) is 3.64. The molecule has 0 radical (unpaired) electrons. The summed E-state index contributed by atoms with van der Waals surface area (Å²) < 4.78 is 8.56. The lowest BCUT2D eigenvalue weighted by Crippen LogP contribution is -2.30. The van der Waals surface area contributed by atoms with Crippen molar-refractivity contribution in [2.75, 3.05) is 0 Å². The molecule has 0 saturated heterocycles. The quantitative estimate of drug-likeness (QED) is 0.237. The molecule has 0 aliphatic heterocycles. The van der Waals surface area contributed by atoms with Gasteiger partial charge in [0, 0.05) is 22.9 Å². The number of rotatable bonds is 2. The lowest BCUT2D eigenvalue weighted by molar-refractivity contribution is -0.660. The number of nitrogens with zero attached hydrogens (tertiary/aromatic N) is 2. The molecule has 5 rings (SSSR count). The average molecular weight is 389 g/mol. The second kappa shape index (κ2) is 6.86. The lowest BCUT2D eigenvalue weighted by Gasteiger charge is -2.11. The smallest absolute Gasteiger partial charge is 0.216 e. The van der Waals surface area contributed by atoms with Gasteiger partial charge in [0.1, 0.15) is 18.2 Å². The van der Waals surface area contributed by atoms with Gasteiger partial charge in [-0.2, -0.15) is 0 Å². The second-order valence-corrected chi connectivity index (χ2v) is 7.78. The van der Waals surface area contributed by atoms with Crippen LogP contribution in [0.5, 0.6) is 0 Å². The van der Waals surface area contributed by atoms with E-state index in [9.17, 15) is 0 Å². The van der Waals surface area contributed by atoms with Crippen LogP contribution in [-0.4, -0.2) is 0 Å². The van der Waals surface area contributed by atoms with Gasteiger partial charge in [-0.15, -0.1) is 0 Å². The fourth-order valence-corrected chi connectivity index (χ4v) is 4.20. The van der Waals surface area contributed by atoms with E-state index in [1.54, 1.807) is 0 Å². The number of aryl methyl sites for hydroxylation is 3. The molecule has 0 fully saturated rings. The summed E-state index contributed by atoms with van der Waals surface area (Å²) >= 11 is 0. The third kappa shape index (κ3) is 2.77. The van der Waals surface area contributed by atoms with Crippen molar-refractivity contribution in [3.05, 3.63) is 95.5 Å². The molecule has 0 spiro atoms. The Labute approximate surface area is 175 Å². The highest BCUT2D eigenvalue weighted by Gasteiger charge is 2.23. The van der Waals surface area contributed by atoms with Crippen molar-refractivity contribution in [2.45, 2.75) is 13.8 Å². The molecule has 3 aromatic carbocycles. The van der Waals surface area contributed by atoms with Crippen molar-refractivity contribution in [1.29, 1.82) is 0 Å². The van der Waals surface area contributed by atoms with Crippen LogP contribution < -0.4 is 4.57 Å². The second-order valence-electron chi connectivity index (χ2n) is 7.78. The van der Waals surface area contributed by atoms with E-state index in [0.717, 1.165) is 49.9 Å². The Morgan fingerprint density at radius 1 is 0.933 bits per heavy atom. The highest BCUT2D eigenvalue weighted by Crippen LogP contribution is 2.43. The first-order chi connectivity index (χ1) is 14.6. The van der Waals surface area contributed by atoms with Gasteiger partial charge < -0.3 is 4.42 Å². The van der Waals surface area contributed by atoms with Crippen LogP contribution in [-0.2, 0) is 7.05 Å². The molecule has 2 heterocycles. The molecule has 3 heteroatoms. The molecule has 2 aromatic heterocycles. The van der Waals surface area contributed by atoms with Crippen LogP contribution in [0.4, 0.5) is 5.69 Å². The maximum atomic E-state index is 7.45. The van der Waals surface area contributed by atoms with Gasteiger partial charge in [0.15, 0.2) is 11.9 Å². The van der Waals surface area contributed by atoms with Gasteiger partial charge in [0.25, 0.3) is 0 Å². The first-order valence-corrected chi connectivity index (χ1v) is 9.96. The monoisotopic (exact) mass is 389 g/mol. The van der Waals surface area contributed by atoms with Crippen molar-refractivity contribution < 1.29 is 8.98 Å². The van der Waals surface area contributed by atoms with Crippen molar-refractivity contribution in [2.24, 2.45) is 7.05 Å². The summed E-state index contributed by atoms with van der Waals surface area (Å²) in [5, 5.41) is 2.04. The van der Waals surface area contributed by atoms with E-state index in [1.165, 1.54) is 5.56 Å². The van der Waals surface area contributed by atoms with E-state index < -0.39 is 0 Å². The Hall–Kier alpha value is -3.90. The summed E-state index contributed by atoms with van der Waals surface area (Å²) in [7, 11) is 2.05. The van der Waals surface area contributed by atoms with Gasteiger partial charge in [-0.3, -0.25) is 0 Å². The molecule has 0 atom stereocenters. The number of hydrogen-bond acceptors (Lipinski definition) is 1. The fraction of sp³-hybridized carbons (Fsp3) is 0.111. The van der Waals surface area contributed by atoms with Crippen LogP contribution in [0.1, 0.15) is 11.1 Å². The minimum Gasteiger partial charge on any atom is -0.455 e. The molecule has 0 bridgehead atoms. The topological polar surface area (TPSA) is 21.4 Å². The van der Waals surface area contributed by atoms with Gasteiger partial charge in [0.2, 0.25) is 5.69 Å². The van der Waals surface area contributed by atoms with E-state index in [-0.39, 0.29) is 0 Å². The maximum Gasteiger partial charge on any atom is 0.216 e. The number of pyridine rings is 1. The number of hydrogen-bond donors (Lipinski definition) is 0. The third-order valence-corrected chi connectivity index (χ3v) is 5.73. The Morgan fingerprint density at radius 3 is 2.47 bits per heavy atom. The maximum absolute atomic E-state index is 7.45. The lowest BCUT2D eigenvalue weighted by atomic mass is 9.92. The van der Waals surface area contributed by atoms with Gasteiger partial charge in [-0.25, -0.2) is 9.41 Å². The standard InChI is InChI=1S/C27H21N2O/c1-17-8-10-19(11-9-17)21-15-18(2)25(23-7-5-6-14-29(23)4)27-26(21)22-16-20(28-3)12-13-24(22)30-27/h5-16H,1-2,4H3/q+1. The summed E-state index contributed by atoms with van der Waals surface area (Å²) in [6.07, 6.45) is 2.05. The van der Waals surface area contributed by atoms with Crippen LogP contribution in [0.2, 0.25) is 0 Å². The predicted octanol–water partition coefficient (Wildman–Crippen LogP) is 6.91. The summed E-state index contributed by atoms with van der Waals surface area (Å²) in [6.45, 7) is 11.7. The Kier molecular flexibility index (Phi) is 4.15. The van der Waals surface area contributed by atoms with E-state index >= 15 is 0 Å². The molecule has 0 amide bonds. The fourth-order valence-electron chi connectivity index (χ4n) is 4.20. The van der Waals surface area contributed by atoms with Crippen molar-refractivity contribution >= 4 is 27.6 Å². The molecule has 0 aliphatic carbocycles. The van der Waals surface area contributed by atoms with Crippen LogP contribution in [0.3, 0.4) is 0 Å². The van der Waals surface area contributed by atoms with Crippen LogP contribution in [0.25, 0.3) is 49.2 Å². The molecular formula is C27H21N2O+. The molecule has 144 valence electrons. The Morgan fingerprint density at radius 2 is 1.73 bits per heavy atom. The van der Waals surface area contributed by atoms with E-state index in [4.69, 9.17) is 11.0 Å². The van der Waals surface area contributed by atoms with Gasteiger partial charge >= 0.3 is 0 Å². The molecular weight excluding hydrogens is 368 g/mol. The minimum absolute atomic E-state index is 0.618. The zero-order valence-electron chi connectivity index (χ0n) is 17.2. The average Bonchev–Trinajstić information content (AvgIpc) is 3.13. The Bertz CT molecular complexity index is 1470. The van der Waals surface area contributed by atoms with E-state index in [0.29, 0.717) is 5.69 Å². The zero-order chi connectivity index (χ0) is 20.8. The zero-order valence-corrected chi connectivity index (χ0v) is 17.2. The van der Waals surface area contributed by atoms with Gasteiger partial charge in [0.05, 0.1) is 12.1 Å². The normalized spacial score (nSPS) is 11.1. The van der Waals surface area contributed by atoms with E-state index in [2.05, 4.69) is 59.7 Å². The van der Waals surface area contributed by atoms with Gasteiger partial charge in [-0.05, 0) is 54.8 Å². The van der Waals surface area contributed by atoms with Crippen LogP contribution >= 0.6 is 0 Å². The largest absolute Gasteiger partial charge is 0.455 e. The molecule has 0 unspecified atom stereocenters. The molecule has 0 N–H and O–H groups in total. The third-order valence-electron chi connectivity index (χ3n) is 5.73. The van der Waals surface area contributed by atoms with E-state index in [1.807, 2.05) is 43.6 Å². The number of fused-ring (bicyclic) bond motifs is 3. The summed E-state index contributed by atoms with van der Waals surface area (Å²) in [6, 6.07) is 22.7. The van der Waals surface area contributed by atoms with Gasteiger partial charge in [-0.1, -0.05) is 35.9 Å². The molecule has 3 nitrogen and oxygen atoms in total. The molecule has 0 saturated carbocycles. The highest BCUT2D eigenvalue weighted by molar-refractivity contribution is 6.17. The first-order valence-electron chi connectivity index (χ1n) is 9.96. The van der Waals surface area contributed by atoms with Crippen molar-refractivity contribution in [3.63, 3.8) is 0 Å². The van der Waals surface area contributed by atoms with Crippen molar-refractivity contribution in [1.82, 2.24) is 0 Å². The summed E-state index contributed by atoms with van der Waals surface area (Å²) in [5.74, 6) is 0. The first kappa shape index (κ1) is 18.1. The number of furan rings is 1. The molecule has 30 heavy (non-hydrogen) atoms. The van der Waals surface area contributed by atoms with Crippen LogP contribution in [0, 0.1) is 20.4 Å². The number of aromatic nitrogens is 1.